The highest BCUT2D eigenvalue weighted by molar-refractivity contribution is 5.62. The number of nitrogens with zero attached hydrogens (tertiary/aromatic N) is 2. The Kier molecular flexibility index (Phi) is 3.99. The van der Waals surface area contributed by atoms with Crippen molar-refractivity contribution < 1.29 is 0 Å². The summed E-state index contributed by atoms with van der Waals surface area (Å²) in [6.45, 7) is 13.8. The lowest BCUT2D eigenvalue weighted by atomic mass is 10.0. The van der Waals surface area contributed by atoms with Gasteiger partial charge in [0.1, 0.15) is 0 Å². The molecule has 2 aliphatic heterocycles. The third kappa shape index (κ3) is 2.70. The normalized spacial score (nSPS) is 23.4. The standard InChI is InChI=1S/C17H27N3/c1-13(2)20-11-14(3)16-5-4-15(10-17(16)20)12-19-8-6-18-7-9-19/h4-5,10,13-14,18H,6-9,11-12H2,1-3H3. The van der Waals surface area contributed by atoms with Crippen LogP contribution in [0.3, 0.4) is 0 Å². The summed E-state index contributed by atoms with van der Waals surface area (Å²) >= 11 is 0. The average molecular weight is 273 g/mol. The predicted octanol–water partition coefficient (Wildman–Crippen LogP) is 2.42. The van der Waals surface area contributed by atoms with Crippen molar-refractivity contribution in [3.05, 3.63) is 29.3 Å². The molecule has 0 saturated carbocycles. The van der Waals surface area contributed by atoms with E-state index in [1.807, 2.05) is 0 Å². The monoisotopic (exact) mass is 273 g/mol. The molecular weight excluding hydrogens is 246 g/mol. The zero-order valence-electron chi connectivity index (χ0n) is 13.0. The first-order valence-corrected chi connectivity index (χ1v) is 7.97. The largest absolute Gasteiger partial charge is 0.368 e. The van der Waals surface area contributed by atoms with Gasteiger partial charge in [-0.15, -0.1) is 0 Å². The maximum atomic E-state index is 3.42. The molecule has 1 fully saturated rings. The number of piperazine rings is 1. The molecule has 0 spiro atoms. The molecule has 1 aromatic rings. The van der Waals surface area contributed by atoms with Crippen molar-refractivity contribution >= 4 is 5.69 Å². The zero-order valence-corrected chi connectivity index (χ0v) is 13.0. The Hall–Kier alpha value is -1.06. The van der Waals surface area contributed by atoms with E-state index in [9.17, 15) is 0 Å². The van der Waals surface area contributed by atoms with Gasteiger partial charge in [-0.1, -0.05) is 19.1 Å². The van der Waals surface area contributed by atoms with Gasteiger partial charge in [-0.05, 0) is 31.0 Å². The molecule has 1 unspecified atom stereocenters. The molecule has 0 aromatic heterocycles. The quantitative estimate of drug-likeness (QED) is 0.912. The van der Waals surface area contributed by atoms with Crippen molar-refractivity contribution in [3.8, 4) is 0 Å². The smallest absolute Gasteiger partial charge is 0.0407 e. The van der Waals surface area contributed by atoms with Crippen LogP contribution in [0.4, 0.5) is 5.69 Å². The summed E-state index contributed by atoms with van der Waals surface area (Å²) in [6, 6.07) is 7.72. The number of hydrogen-bond acceptors (Lipinski definition) is 3. The van der Waals surface area contributed by atoms with E-state index in [0.29, 0.717) is 12.0 Å². The summed E-state index contributed by atoms with van der Waals surface area (Å²) in [5.41, 5.74) is 4.47. The van der Waals surface area contributed by atoms with E-state index in [4.69, 9.17) is 0 Å². The Morgan fingerprint density at radius 3 is 2.70 bits per heavy atom. The van der Waals surface area contributed by atoms with Gasteiger partial charge in [0.2, 0.25) is 0 Å². The van der Waals surface area contributed by atoms with Crippen LogP contribution < -0.4 is 10.2 Å². The first-order chi connectivity index (χ1) is 9.65. The fraction of sp³-hybridized carbons (Fsp3) is 0.647. The Bertz CT molecular complexity index is 463. The average Bonchev–Trinajstić information content (AvgIpc) is 2.77. The van der Waals surface area contributed by atoms with E-state index in [2.05, 4.69) is 54.1 Å². The number of rotatable bonds is 3. The molecule has 2 heterocycles. The minimum atomic E-state index is 0.591. The lowest BCUT2D eigenvalue weighted by Gasteiger charge is -2.28. The third-order valence-electron chi connectivity index (χ3n) is 4.64. The summed E-state index contributed by atoms with van der Waals surface area (Å²) in [5, 5.41) is 3.42. The Morgan fingerprint density at radius 1 is 1.25 bits per heavy atom. The van der Waals surface area contributed by atoms with Crippen LogP contribution >= 0.6 is 0 Å². The molecule has 1 saturated heterocycles. The van der Waals surface area contributed by atoms with Crippen molar-refractivity contribution in [2.45, 2.75) is 39.3 Å². The summed E-state index contributed by atoms with van der Waals surface area (Å²) in [6.07, 6.45) is 0. The molecular formula is C17H27N3. The lowest BCUT2D eigenvalue weighted by molar-refractivity contribution is 0.233. The van der Waals surface area contributed by atoms with E-state index in [-0.39, 0.29) is 0 Å². The van der Waals surface area contributed by atoms with Crippen molar-refractivity contribution in [1.82, 2.24) is 10.2 Å². The van der Waals surface area contributed by atoms with Gasteiger partial charge in [0.25, 0.3) is 0 Å². The number of benzene rings is 1. The summed E-state index contributed by atoms with van der Waals surface area (Å²) < 4.78 is 0. The van der Waals surface area contributed by atoms with E-state index in [0.717, 1.165) is 19.6 Å². The second-order valence-corrected chi connectivity index (χ2v) is 6.57. The van der Waals surface area contributed by atoms with Crippen LogP contribution in [0.1, 0.15) is 37.8 Å². The van der Waals surface area contributed by atoms with Crippen molar-refractivity contribution in [1.29, 1.82) is 0 Å². The van der Waals surface area contributed by atoms with Crippen molar-refractivity contribution in [2.24, 2.45) is 0 Å². The third-order valence-corrected chi connectivity index (χ3v) is 4.64. The topological polar surface area (TPSA) is 18.5 Å². The Balaban J connectivity index is 1.79. The molecule has 1 aromatic carbocycles. The number of nitrogens with one attached hydrogen (secondary N) is 1. The van der Waals surface area contributed by atoms with Crippen LogP contribution in [-0.2, 0) is 6.54 Å². The summed E-state index contributed by atoms with van der Waals surface area (Å²) in [7, 11) is 0. The molecule has 1 atom stereocenters. The van der Waals surface area contributed by atoms with Crippen molar-refractivity contribution in [2.75, 3.05) is 37.6 Å². The highest BCUT2D eigenvalue weighted by Crippen LogP contribution is 2.37. The molecule has 110 valence electrons. The van der Waals surface area contributed by atoms with Crippen LogP contribution in [0.15, 0.2) is 18.2 Å². The first-order valence-electron chi connectivity index (χ1n) is 7.97. The maximum absolute atomic E-state index is 3.42. The van der Waals surface area contributed by atoms with E-state index >= 15 is 0 Å². The van der Waals surface area contributed by atoms with E-state index in [1.54, 1.807) is 0 Å². The Morgan fingerprint density at radius 2 is 2.00 bits per heavy atom. The van der Waals surface area contributed by atoms with Gasteiger partial charge in [0.15, 0.2) is 0 Å². The molecule has 1 N–H and O–H groups in total. The van der Waals surface area contributed by atoms with E-state index in [1.165, 1.54) is 36.4 Å². The molecule has 0 bridgehead atoms. The van der Waals surface area contributed by atoms with Crippen LogP contribution in [0.5, 0.6) is 0 Å². The SMILES string of the molecule is CC1CN(C(C)C)c2cc(CN3CCNCC3)ccc21. The van der Waals surface area contributed by atoms with Crippen molar-refractivity contribution in [3.63, 3.8) is 0 Å². The Labute approximate surface area is 123 Å². The molecule has 0 aliphatic carbocycles. The molecule has 0 radical (unpaired) electrons. The van der Waals surface area contributed by atoms with Gasteiger partial charge >= 0.3 is 0 Å². The number of anilines is 1. The predicted molar refractivity (Wildman–Crippen MR) is 85.5 cm³/mol. The van der Waals surface area contributed by atoms with Gasteiger partial charge in [-0.25, -0.2) is 0 Å². The molecule has 3 nitrogen and oxygen atoms in total. The molecule has 20 heavy (non-hydrogen) atoms. The lowest BCUT2D eigenvalue weighted by Crippen LogP contribution is -2.42. The number of fused-ring (bicyclic) bond motifs is 1. The first kappa shape index (κ1) is 13.9. The molecule has 2 aliphatic rings. The van der Waals surface area contributed by atoms with Gasteiger partial charge in [-0.3, -0.25) is 4.90 Å². The van der Waals surface area contributed by atoms with Crippen LogP contribution in [0.25, 0.3) is 0 Å². The molecule has 0 amide bonds. The second-order valence-electron chi connectivity index (χ2n) is 6.57. The van der Waals surface area contributed by atoms with Crippen LogP contribution in [0.2, 0.25) is 0 Å². The molecule has 3 rings (SSSR count). The van der Waals surface area contributed by atoms with Gasteiger partial charge < -0.3 is 10.2 Å². The fourth-order valence-electron chi connectivity index (χ4n) is 3.46. The minimum Gasteiger partial charge on any atom is -0.368 e. The summed E-state index contributed by atoms with van der Waals surface area (Å²) in [4.78, 5) is 5.11. The highest BCUT2D eigenvalue weighted by atomic mass is 15.2. The maximum Gasteiger partial charge on any atom is 0.0407 e. The van der Waals surface area contributed by atoms with Crippen LogP contribution in [-0.4, -0.2) is 43.7 Å². The fourth-order valence-corrected chi connectivity index (χ4v) is 3.46. The van der Waals surface area contributed by atoms with Gasteiger partial charge in [0.05, 0.1) is 0 Å². The number of hydrogen-bond donors (Lipinski definition) is 1. The summed E-state index contributed by atoms with van der Waals surface area (Å²) in [5.74, 6) is 0.667. The van der Waals surface area contributed by atoms with E-state index < -0.39 is 0 Å². The highest BCUT2D eigenvalue weighted by Gasteiger charge is 2.27. The molecule has 3 heteroatoms. The van der Waals surface area contributed by atoms with Crippen LogP contribution in [0, 0.1) is 0 Å². The van der Waals surface area contributed by atoms with Gasteiger partial charge in [-0.2, -0.15) is 0 Å². The zero-order chi connectivity index (χ0) is 14.1. The second kappa shape index (κ2) is 5.74. The van der Waals surface area contributed by atoms with Gasteiger partial charge in [0, 0.05) is 56.9 Å². The minimum absolute atomic E-state index is 0.591.